The Labute approximate surface area is 140 Å². The molecule has 3 aromatic rings. The smallest absolute Gasteiger partial charge is 0.340 e. The molecule has 3 amide bonds. The van der Waals surface area contributed by atoms with Gasteiger partial charge in [0.05, 0.1) is 4.92 Å². The lowest BCUT2D eigenvalue weighted by atomic mass is 10.2. The monoisotopic (exact) mass is 340 g/mol. The highest BCUT2D eigenvalue weighted by Crippen LogP contribution is 2.22. The molecule has 126 valence electrons. The van der Waals surface area contributed by atoms with Crippen LogP contribution in [-0.4, -0.2) is 16.9 Å². The third kappa shape index (κ3) is 3.72. The quantitative estimate of drug-likeness (QED) is 0.499. The van der Waals surface area contributed by atoms with Gasteiger partial charge in [0.1, 0.15) is 5.58 Å². The first-order valence-electron chi connectivity index (χ1n) is 7.13. The summed E-state index contributed by atoms with van der Waals surface area (Å²) in [6, 6.07) is 13.1. The van der Waals surface area contributed by atoms with Gasteiger partial charge in [-0.05, 0) is 18.2 Å². The summed E-state index contributed by atoms with van der Waals surface area (Å²) < 4.78 is 5.42. The van der Waals surface area contributed by atoms with Crippen LogP contribution in [0.25, 0.3) is 11.0 Å². The second-order valence-corrected chi connectivity index (χ2v) is 4.99. The number of hydrazine groups is 1. The zero-order valence-corrected chi connectivity index (χ0v) is 12.7. The lowest BCUT2D eigenvalue weighted by molar-refractivity contribution is -0.384. The summed E-state index contributed by atoms with van der Waals surface area (Å²) in [6.45, 7) is 0. The van der Waals surface area contributed by atoms with Crippen LogP contribution < -0.4 is 16.2 Å². The van der Waals surface area contributed by atoms with Crippen LogP contribution in [0.15, 0.2) is 59.0 Å². The van der Waals surface area contributed by atoms with Crippen LogP contribution in [0.3, 0.4) is 0 Å². The number of carbonyl (C=O) groups is 2. The van der Waals surface area contributed by atoms with Crippen molar-refractivity contribution in [2.24, 2.45) is 0 Å². The summed E-state index contributed by atoms with van der Waals surface area (Å²) in [5.74, 6) is -0.391. The van der Waals surface area contributed by atoms with E-state index in [0.29, 0.717) is 5.58 Å². The third-order valence-electron chi connectivity index (χ3n) is 3.29. The van der Waals surface area contributed by atoms with E-state index in [-0.39, 0.29) is 17.1 Å². The molecule has 0 aliphatic heterocycles. The standard InChI is InChI=1S/C16H12N4O5/c21-15(10-5-7-12(8-6-10)20(23)24)18-19-16(22)17-14-9-11-3-1-2-4-13(11)25-14/h1-9H,(H,18,21)(H2,17,19,22). The summed E-state index contributed by atoms with van der Waals surface area (Å²) in [5, 5.41) is 13.8. The van der Waals surface area contributed by atoms with Gasteiger partial charge in [-0.2, -0.15) is 0 Å². The van der Waals surface area contributed by atoms with Crippen LogP contribution >= 0.6 is 0 Å². The molecule has 1 aromatic heterocycles. The minimum Gasteiger partial charge on any atom is -0.440 e. The number of nitrogens with zero attached hydrogens (tertiary/aromatic N) is 1. The first-order valence-corrected chi connectivity index (χ1v) is 7.13. The minimum absolute atomic E-state index is 0.132. The Morgan fingerprint density at radius 2 is 1.72 bits per heavy atom. The van der Waals surface area contributed by atoms with Crippen LogP contribution in [0.4, 0.5) is 16.4 Å². The average Bonchev–Trinajstić information content (AvgIpc) is 3.01. The number of urea groups is 1. The number of carbonyl (C=O) groups excluding carboxylic acids is 2. The van der Waals surface area contributed by atoms with E-state index in [9.17, 15) is 19.7 Å². The van der Waals surface area contributed by atoms with Crippen LogP contribution in [0.1, 0.15) is 10.4 Å². The molecule has 9 heteroatoms. The average molecular weight is 340 g/mol. The molecule has 0 saturated carbocycles. The molecular formula is C16H12N4O5. The summed E-state index contributed by atoms with van der Waals surface area (Å²) in [5.41, 5.74) is 5.00. The highest BCUT2D eigenvalue weighted by Gasteiger charge is 2.11. The van der Waals surface area contributed by atoms with Crippen molar-refractivity contribution in [3.63, 3.8) is 0 Å². The van der Waals surface area contributed by atoms with Gasteiger partial charge in [0, 0.05) is 29.1 Å². The number of anilines is 1. The zero-order valence-electron chi connectivity index (χ0n) is 12.7. The second kappa shape index (κ2) is 6.71. The van der Waals surface area contributed by atoms with Crippen LogP contribution in [-0.2, 0) is 0 Å². The Morgan fingerprint density at radius 3 is 2.40 bits per heavy atom. The predicted octanol–water partition coefficient (Wildman–Crippen LogP) is 2.81. The van der Waals surface area contributed by atoms with Crippen LogP contribution in [0.5, 0.6) is 0 Å². The number of amides is 3. The van der Waals surface area contributed by atoms with Crippen LogP contribution in [0, 0.1) is 10.1 Å². The van der Waals surface area contributed by atoms with E-state index >= 15 is 0 Å². The number of non-ortho nitro benzene ring substituents is 1. The van der Waals surface area contributed by atoms with Gasteiger partial charge in [-0.25, -0.2) is 10.2 Å². The summed E-state index contributed by atoms with van der Waals surface area (Å²) in [7, 11) is 0. The molecule has 2 aromatic carbocycles. The highest BCUT2D eigenvalue weighted by molar-refractivity contribution is 5.97. The maximum absolute atomic E-state index is 11.9. The van der Waals surface area contributed by atoms with Gasteiger partial charge in [-0.1, -0.05) is 18.2 Å². The molecule has 0 fully saturated rings. The lowest BCUT2D eigenvalue weighted by Crippen LogP contribution is -2.43. The fourth-order valence-corrected chi connectivity index (χ4v) is 2.11. The molecule has 3 rings (SSSR count). The maximum atomic E-state index is 11.9. The number of furan rings is 1. The maximum Gasteiger partial charge on any atom is 0.340 e. The topological polar surface area (TPSA) is 127 Å². The molecule has 0 bridgehead atoms. The van der Waals surface area contributed by atoms with E-state index in [1.807, 2.05) is 12.1 Å². The highest BCUT2D eigenvalue weighted by atomic mass is 16.6. The van der Waals surface area contributed by atoms with Crippen LogP contribution in [0.2, 0.25) is 0 Å². The Kier molecular flexibility index (Phi) is 4.29. The number of para-hydroxylation sites is 1. The van der Waals surface area contributed by atoms with Gasteiger partial charge in [0.25, 0.3) is 11.6 Å². The number of rotatable bonds is 3. The number of hydrogen-bond donors (Lipinski definition) is 3. The van der Waals surface area contributed by atoms with Crippen molar-refractivity contribution in [3.05, 3.63) is 70.3 Å². The SMILES string of the molecule is O=C(NNC(=O)c1ccc([N+](=O)[O-])cc1)Nc1cc2ccccc2o1. The van der Waals surface area contributed by atoms with Crippen molar-refractivity contribution in [1.82, 2.24) is 10.9 Å². The van der Waals surface area contributed by atoms with Crippen molar-refractivity contribution in [2.45, 2.75) is 0 Å². The van der Waals surface area contributed by atoms with E-state index in [4.69, 9.17) is 4.42 Å². The Balaban J connectivity index is 1.56. The largest absolute Gasteiger partial charge is 0.440 e. The third-order valence-corrected chi connectivity index (χ3v) is 3.29. The summed E-state index contributed by atoms with van der Waals surface area (Å²) in [4.78, 5) is 33.7. The normalized spacial score (nSPS) is 10.2. The van der Waals surface area contributed by atoms with Crippen molar-refractivity contribution >= 4 is 34.5 Å². The Hall–Kier alpha value is -3.88. The number of nitro groups is 1. The van der Waals surface area contributed by atoms with Crippen molar-refractivity contribution in [1.29, 1.82) is 0 Å². The second-order valence-electron chi connectivity index (χ2n) is 4.99. The van der Waals surface area contributed by atoms with Gasteiger partial charge in [0.15, 0.2) is 0 Å². The molecule has 0 spiro atoms. The van der Waals surface area contributed by atoms with Gasteiger partial charge >= 0.3 is 6.03 Å². The Bertz CT molecular complexity index is 916. The molecule has 0 aliphatic rings. The molecule has 0 unspecified atom stereocenters. The molecule has 0 aliphatic carbocycles. The van der Waals surface area contributed by atoms with Crippen molar-refractivity contribution < 1.29 is 18.9 Å². The molecular weight excluding hydrogens is 328 g/mol. The molecule has 0 saturated heterocycles. The first-order chi connectivity index (χ1) is 12.0. The molecule has 25 heavy (non-hydrogen) atoms. The van der Waals surface area contributed by atoms with E-state index in [0.717, 1.165) is 5.39 Å². The summed E-state index contributed by atoms with van der Waals surface area (Å²) in [6.07, 6.45) is 0. The van der Waals surface area contributed by atoms with E-state index < -0.39 is 16.9 Å². The fourth-order valence-electron chi connectivity index (χ4n) is 2.11. The zero-order chi connectivity index (χ0) is 17.8. The van der Waals surface area contributed by atoms with E-state index in [1.165, 1.54) is 24.3 Å². The first kappa shape index (κ1) is 16.0. The number of nitro benzene ring substituents is 1. The molecule has 3 N–H and O–H groups in total. The minimum atomic E-state index is -0.700. The molecule has 0 radical (unpaired) electrons. The number of benzene rings is 2. The fraction of sp³-hybridized carbons (Fsp3) is 0. The molecule has 1 heterocycles. The van der Waals surface area contributed by atoms with Gasteiger partial charge in [0.2, 0.25) is 5.88 Å². The van der Waals surface area contributed by atoms with E-state index in [2.05, 4.69) is 16.2 Å². The van der Waals surface area contributed by atoms with Gasteiger partial charge in [-0.15, -0.1) is 0 Å². The van der Waals surface area contributed by atoms with Gasteiger partial charge < -0.3 is 4.42 Å². The lowest BCUT2D eigenvalue weighted by Gasteiger charge is -2.07. The van der Waals surface area contributed by atoms with Crippen molar-refractivity contribution in [2.75, 3.05) is 5.32 Å². The predicted molar refractivity (Wildman–Crippen MR) is 88.9 cm³/mol. The number of fused-ring (bicyclic) bond motifs is 1. The number of nitrogens with one attached hydrogen (secondary N) is 3. The Morgan fingerprint density at radius 1 is 1.00 bits per heavy atom. The summed E-state index contributed by atoms with van der Waals surface area (Å²) >= 11 is 0. The van der Waals surface area contributed by atoms with Crippen molar-refractivity contribution in [3.8, 4) is 0 Å². The number of hydrogen-bond acceptors (Lipinski definition) is 5. The molecule has 9 nitrogen and oxygen atoms in total. The van der Waals surface area contributed by atoms with E-state index in [1.54, 1.807) is 18.2 Å². The molecule has 0 atom stereocenters. The van der Waals surface area contributed by atoms with Gasteiger partial charge in [-0.3, -0.25) is 25.7 Å².